The van der Waals surface area contributed by atoms with Crippen LogP contribution in [0.2, 0.25) is 0 Å². The molecule has 0 saturated heterocycles. The van der Waals surface area contributed by atoms with Gasteiger partial charge in [0.25, 0.3) is 0 Å². The average Bonchev–Trinajstić information content (AvgIpc) is 3.40. The van der Waals surface area contributed by atoms with E-state index in [1.54, 1.807) is 0 Å². The molecular weight excluding hydrogens is 913 g/mol. The van der Waals surface area contributed by atoms with Gasteiger partial charge < -0.3 is 14.2 Å². The zero-order valence-electron chi connectivity index (χ0n) is 50.4. The normalized spacial score (nSPS) is 12.0. The highest BCUT2D eigenvalue weighted by Crippen LogP contribution is 2.19. The third-order valence-corrected chi connectivity index (χ3v) is 15.5. The molecule has 0 aromatic rings. The highest BCUT2D eigenvalue weighted by molar-refractivity contribution is 5.71. The molecule has 6 nitrogen and oxygen atoms in total. The summed E-state index contributed by atoms with van der Waals surface area (Å²) in [4.78, 5) is 38.1. The van der Waals surface area contributed by atoms with Crippen LogP contribution in [-0.2, 0) is 28.6 Å². The first-order valence-corrected chi connectivity index (χ1v) is 33.7. The van der Waals surface area contributed by atoms with Gasteiger partial charge in [0.1, 0.15) is 13.2 Å². The summed E-state index contributed by atoms with van der Waals surface area (Å²) in [5.74, 6) is -0.854. The van der Waals surface area contributed by atoms with Crippen molar-refractivity contribution in [3.8, 4) is 0 Å². The SMILES string of the molecule is CCCC/C=C\CCCCCCCC(=O)OC(COC(=O)CCCCCCCCCCCCC)COC(=O)CCCCCCCCCCCCCCCCCCCCCCCCCCCCCCCCCCCC. The van der Waals surface area contributed by atoms with E-state index >= 15 is 0 Å². The Morgan fingerprint density at radius 2 is 0.459 bits per heavy atom. The Balaban J connectivity index is 3.92. The summed E-state index contributed by atoms with van der Waals surface area (Å²) in [5, 5.41) is 0. The van der Waals surface area contributed by atoms with Gasteiger partial charge in [-0.05, 0) is 38.5 Å². The van der Waals surface area contributed by atoms with E-state index in [4.69, 9.17) is 14.2 Å². The molecule has 0 aliphatic heterocycles. The molecule has 0 aromatic carbocycles. The molecule has 6 heteroatoms. The first kappa shape index (κ1) is 72.2. The van der Waals surface area contributed by atoms with Crippen molar-refractivity contribution in [2.75, 3.05) is 13.2 Å². The second-order valence-electron chi connectivity index (χ2n) is 23.1. The van der Waals surface area contributed by atoms with Crippen molar-refractivity contribution in [2.45, 2.75) is 393 Å². The van der Waals surface area contributed by atoms with Crippen LogP contribution < -0.4 is 0 Å². The Bertz CT molecular complexity index is 1150. The second kappa shape index (κ2) is 63.7. The first-order valence-electron chi connectivity index (χ1n) is 33.7. The fourth-order valence-electron chi connectivity index (χ4n) is 10.4. The first-order chi connectivity index (χ1) is 36.5. The molecule has 0 aromatic heterocycles. The van der Waals surface area contributed by atoms with Crippen molar-refractivity contribution < 1.29 is 28.6 Å². The molecule has 438 valence electrons. The molecule has 1 atom stereocenters. The largest absolute Gasteiger partial charge is 0.462 e. The van der Waals surface area contributed by atoms with Crippen LogP contribution in [0.25, 0.3) is 0 Å². The van der Waals surface area contributed by atoms with Crippen molar-refractivity contribution in [1.82, 2.24) is 0 Å². The lowest BCUT2D eigenvalue weighted by Gasteiger charge is -2.18. The Kier molecular flexibility index (Phi) is 62.1. The van der Waals surface area contributed by atoms with Crippen LogP contribution in [0.3, 0.4) is 0 Å². The van der Waals surface area contributed by atoms with Gasteiger partial charge in [-0.15, -0.1) is 0 Å². The van der Waals surface area contributed by atoms with Gasteiger partial charge in [-0.2, -0.15) is 0 Å². The van der Waals surface area contributed by atoms with E-state index in [0.29, 0.717) is 19.3 Å². The molecule has 0 amide bonds. The maximum Gasteiger partial charge on any atom is 0.306 e. The summed E-state index contributed by atoms with van der Waals surface area (Å²) < 4.78 is 16.9. The van der Waals surface area contributed by atoms with Crippen molar-refractivity contribution in [3.63, 3.8) is 0 Å². The van der Waals surface area contributed by atoms with Gasteiger partial charge in [0.05, 0.1) is 0 Å². The summed E-state index contributed by atoms with van der Waals surface area (Å²) in [6.45, 7) is 6.65. The Morgan fingerprint density at radius 3 is 0.716 bits per heavy atom. The highest BCUT2D eigenvalue weighted by Gasteiger charge is 2.19. The van der Waals surface area contributed by atoms with Gasteiger partial charge in [-0.3, -0.25) is 14.4 Å². The number of rotatable bonds is 63. The third-order valence-electron chi connectivity index (χ3n) is 15.5. The van der Waals surface area contributed by atoms with Crippen LogP contribution in [0, 0.1) is 0 Å². The standard InChI is InChI=1S/C68H130O6/c1-4-7-10-13-16-19-22-23-24-25-26-27-28-29-30-31-32-33-34-35-36-37-38-39-40-41-42-43-44-47-49-52-55-58-61-67(70)73-64-65(74-68(71)62-59-56-53-50-46-21-18-15-12-9-6-3)63-72-66(69)60-57-54-51-48-45-20-17-14-11-8-5-2/h15,18,65H,4-14,16-17,19-64H2,1-3H3/b18-15-. The Morgan fingerprint density at radius 1 is 0.257 bits per heavy atom. The molecule has 0 heterocycles. The fourth-order valence-corrected chi connectivity index (χ4v) is 10.4. The quantitative estimate of drug-likeness (QED) is 0.0261. The van der Waals surface area contributed by atoms with Crippen molar-refractivity contribution in [1.29, 1.82) is 0 Å². The summed E-state index contributed by atoms with van der Waals surface area (Å²) in [6.07, 6.45) is 75.6. The molecule has 0 radical (unpaired) electrons. The number of hydrogen-bond donors (Lipinski definition) is 0. The summed E-state index contributed by atoms with van der Waals surface area (Å²) >= 11 is 0. The van der Waals surface area contributed by atoms with Crippen molar-refractivity contribution >= 4 is 17.9 Å². The monoisotopic (exact) mass is 1040 g/mol. The summed E-state index contributed by atoms with van der Waals surface area (Å²) in [6, 6.07) is 0. The number of esters is 3. The van der Waals surface area contributed by atoms with E-state index in [2.05, 4.69) is 32.9 Å². The van der Waals surface area contributed by atoms with Crippen LogP contribution in [-0.4, -0.2) is 37.2 Å². The second-order valence-corrected chi connectivity index (χ2v) is 23.1. The predicted octanol–water partition coefficient (Wildman–Crippen LogP) is 22.8. The van der Waals surface area contributed by atoms with E-state index in [1.807, 2.05) is 0 Å². The Hall–Kier alpha value is -1.85. The number of allylic oxidation sites excluding steroid dienone is 2. The molecule has 0 N–H and O–H groups in total. The van der Waals surface area contributed by atoms with Gasteiger partial charge in [0, 0.05) is 19.3 Å². The number of carbonyl (C=O) groups excluding carboxylic acids is 3. The smallest absolute Gasteiger partial charge is 0.306 e. The van der Waals surface area contributed by atoms with E-state index in [9.17, 15) is 14.4 Å². The maximum atomic E-state index is 12.8. The van der Waals surface area contributed by atoms with E-state index in [-0.39, 0.29) is 31.1 Å². The van der Waals surface area contributed by atoms with Crippen molar-refractivity contribution in [2.24, 2.45) is 0 Å². The predicted molar refractivity (Wildman–Crippen MR) is 321 cm³/mol. The zero-order chi connectivity index (χ0) is 53.6. The van der Waals surface area contributed by atoms with Crippen LogP contribution in [0.4, 0.5) is 0 Å². The highest BCUT2D eigenvalue weighted by atomic mass is 16.6. The van der Waals surface area contributed by atoms with Gasteiger partial charge in [0.15, 0.2) is 6.10 Å². The maximum absolute atomic E-state index is 12.8. The summed E-state index contributed by atoms with van der Waals surface area (Å²) in [5.41, 5.74) is 0. The zero-order valence-corrected chi connectivity index (χ0v) is 50.4. The lowest BCUT2D eigenvalue weighted by Crippen LogP contribution is -2.30. The van der Waals surface area contributed by atoms with Crippen LogP contribution in [0.1, 0.15) is 387 Å². The number of carbonyl (C=O) groups is 3. The van der Waals surface area contributed by atoms with E-state index in [1.165, 1.54) is 283 Å². The molecular formula is C68H130O6. The number of unbranched alkanes of at least 4 members (excludes halogenated alkanes) is 50. The molecule has 1 unspecified atom stereocenters. The van der Waals surface area contributed by atoms with Crippen molar-refractivity contribution in [3.05, 3.63) is 12.2 Å². The molecule has 0 spiro atoms. The number of ether oxygens (including phenoxy) is 3. The topological polar surface area (TPSA) is 78.9 Å². The lowest BCUT2D eigenvalue weighted by atomic mass is 10.0. The minimum Gasteiger partial charge on any atom is -0.462 e. The van der Waals surface area contributed by atoms with E-state index < -0.39 is 6.10 Å². The lowest BCUT2D eigenvalue weighted by molar-refractivity contribution is -0.167. The Labute approximate surface area is 462 Å². The van der Waals surface area contributed by atoms with Gasteiger partial charge >= 0.3 is 17.9 Å². The van der Waals surface area contributed by atoms with Crippen LogP contribution >= 0.6 is 0 Å². The molecule has 0 aliphatic carbocycles. The minimum atomic E-state index is -0.768. The van der Waals surface area contributed by atoms with Crippen LogP contribution in [0.15, 0.2) is 12.2 Å². The van der Waals surface area contributed by atoms with Gasteiger partial charge in [0.2, 0.25) is 0 Å². The van der Waals surface area contributed by atoms with Crippen LogP contribution in [0.5, 0.6) is 0 Å². The fraction of sp³-hybridized carbons (Fsp3) is 0.926. The average molecular weight is 1040 g/mol. The molecule has 0 saturated carbocycles. The van der Waals surface area contributed by atoms with Gasteiger partial charge in [-0.25, -0.2) is 0 Å². The number of hydrogen-bond acceptors (Lipinski definition) is 6. The molecule has 0 aliphatic rings. The summed E-state index contributed by atoms with van der Waals surface area (Å²) in [7, 11) is 0. The van der Waals surface area contributed by atoms with E-state index in [0.717, 1.165) is 64.2 Å². The van der Waals surface area contributed by atoms with Gasteiger partial charge in [-0.1, -0.05) is 341 Å². The molecule has 0 bridgehead atoms. The molecule has 74 heavy (non-hydrogen) atoms. The minimum absolute atomic E-state index is 0.0677. The molecule has 0 rings (SSSR count). The molecule has 0 fully saturated rings. The third kappa shape index (κ3) is 61.0.